The lowest BCUT2D eigenvalue weighted by Crippen LogP contribution is -1.88. The van der Waals surface area contributed by atoms with Crippen molar-refractivity contribution in [1.82, 2.24) is 0 Å². The topological polar surface area (TPSA) is 11.3 Å². The van der Waals surface area contributed by atoms with Gasteiger partial charge in [0.25, 0.3) is 0 Å². The van der Waals surface area contributed by atoms with Crippen LogP contribution < -0.4 is 0 Å². The molecule has 0 aromatic heterocycles. The van der Waals surface area contributed by atoms with E-state index in [-0.39, 0.29) is 0 Å². The van der Waals surface area contributed by atoms with E-state index in [4.69, 9.17) is 10.8 Å². The zero-order valence-corrected chi connectivity index (χ0v) is 7.51. The molecule has 0 saturated heterocycles. The van der Waals surface area contributed by atoms with E-state index in [2.05, 4.69) is 12.2 Å². The van der Waals surface area contributed by atoms with Gasteiger partial charge < -0.3 is 4.42 Å². The molecule has 66 valence electrons. The first-order valence-electron chi connectivity index (χ1n) is 4.74. The van der Waals surface area contributed by atoms with Crippen LogP contribution in [0.15, 0.2) is 0 Å². The van der Waals surface area contributed by atoms with Gasteiger partial charge in [0.1, 0.15) is 0 Å². The number of carbonyl (C=O) groups excluding carboxylic acids is 1. The van der Waals surface area contributed by atoms with Gasteiger partial charge in [-0.3, -0.25) is 0 Å². The monoisotopic (exact) mass is 164 g/mol. The van der Waals surface area contributed by atoms with Gasteiger partial charge in [0.15, 0.2) is 0 Å². The van der Waals surface area contributed by atoms with Crippen molar-refractivity contribution in [3.8, 4) is 12.3 Å². The highest BCUT2D eigenvalue weighted by atomic mass is 16.4. The lowest BCUT2D eigenvalue weighted by Gasteiger charge is -1.91. The van der Waals surface area contributed by atoms with Crippen LogP contribution in [0.3, 0.4) is 0 Å². The fourth-order valence-electron chi connectivity index (χ4n) is 0.956. The summed E-state index contributed by atoms with van der Waals surface area (Å²) in [5.74, 6) is 3.28. The third-order valence-corrected chi connectivity index (χ3v) is 1.89. The first-order chi connectivity index (χ1) is 5.93. The summed E-state index contributed by atoms with van der Waals surface area (Å²) in [5, 5.41) is 0. The molecule has 1 fully saturated rings. The number of hydrogen-bond acceptors (Lipinski definition) is 0. The van der Waals surface area contributed by atoms with Crippen LogP contribution in [-0.4, -0.2) is 12.9 Å². The van der Waals surface area contributed by atoms with Crippen molar-refractivity contribution in [1.29, 1.82) is 0 Å². The van der Waals surface area contributed by atoms with Crippen molar-refractivity contribution < 1.29 is 4.42 Å². The van der Waals surface area contributed by atoms with Crippen molar-refractivity contribution in [2.24, 2.45) is 5.92 Å². The molecule has 0 heterocycles. The van der Waals surface area contributed by atoms with Crippen LogP contribution in [0.1, 0.15) is 38.5 Å². The Morgan fingerprint density at radius 3 is 2.83 bits per heavy atom. The highest BCUT2D eigenvalue weighted by molar-refractivity contribution is 5.58. The first kappa shape index (κ1) is 9.32. The van der Waals surface area contributed by atoms with E-state index in [0.29, 0.717) is 5.92 Å². The quantitative estimate of drug-likeness (QED) is 0.247. The van der Waals surface area contributed by atoms with Crippen molar-refractivity contribution >= 4 is 6.29 Å². The molecule has 0 aromatic carbocycles. The molecule has 1 saturated carbocycles. The first-order valence-corrected chi connectivity index (χ1v) is 4.74. The number of rotatable bonds is 6. The van der Waals surface area contributed by atoms with Crippen molar-refractivity contribution in [2.75, 3.05) is 6.61 Å². The van der Waals surface area contributed by atoms with Crippen LogP contribution in [0.25, 0.3) is 0 Å². The molecule has 0 spiro atoms. The van der Waals surface area contributed by atoms with Crippen LogP contribution in [0.2, 0.25) is 0 Å². The fourth-order valence-corrected chi connectivity index (χ4v) is 0.956. The van der Waals surface area contributed by atoms with E-state index in [1.165, 1.54) is 19.3 Å². The SMILES string of the molecule is C#CCCCCC[O+]=[C-]C1CC1. The molecular weight excluding hydrogens is 148 g/mol. The summed E-state index contributed by atoms with van der Waals surface area (Å²) in [6.45, 7) is 0.821. The largest absolute Gasteiger partial charge is 0.456 e. The lowest BCUT2D eigenvalue weighted by atomic mass is 10.2. The molecular formula is C11H16O. The van der Waals surface area contributed by atoms with E-state index in [9.17, 15) is 0 Å². The molecule has 1 nitrogen and oxygen atoms in total. The minimum absolute atomic E-state index is 0.649. The fraction of sp³-hybridized carbons (Fsp3) is 0.727. The standard InChI is InChI=1S/C11H16O/c1-2-3-4-5-6-9-12-10-11-7-8-11/h1,11H,3-9H2. The minimum Gasteiger partial charge on any atom is -0.456 e. The number of unbranched alkanes of at least 4 members (excludes halogenated alkanes) is 3. The zero-order chi connectivity index (χ0) is 8.65. The van der Waals surface area contributed by atoms with E-state index < -0.39 is 0 Å². The maximum atomic E-state index is 5.24. The molecule has 0 atom stereocenters. The highest BCUT2D eigenvalue weighted by Gasteiger charge is 2.13. The Balaban J connectivity index is 1.79. The van der Waals surface area contributed by atoms with Crippen LogP contribution in [-0.2, 0) is 4.42 Å². The van der Waals surface area contributed by atoms with Crippen molar-refractivity contribution in [2.45, 2.75) is 38.5 Å². The molecule has 0 bridgehead atoms. The molecule has 0 radical (unpaired) electrons. The average Bonchev–Trinajstić information content (AvgIpc) is 2.87. The van der Waals surface area contributed by atoms with Crippen LogP contribution in [0.5, 0.6) is 0 Å². The molecule has 0 amide bonds. The summed E-state index contributed by atoms with van der Waals surface area (Å²) in [7, 11) is 0. The smallest absolute Gasteiger partial charge is 0.218 e. The second kappa shape index (κ2) is 5.83. The molecule has 1 rings (SSSR count). The predicted molar refractivity (Wildman–Crippen MR) is 50.6 cm³/mol. The van der Waals surface area contributed by atoms with Gasteiger partial charge in [0.05, 0.1) is 0 Å². The van der Waals surface area contributed by atoms with Crippen molar-refractivity contribution in [3.63, 3.8) is 0 Å². The van der Waals surface area contributed by atoms with Crippen LogP contribution in [0, 0.1) is 18.3 Å². The Kier molecular flexibility index (Phi) is 4.52. The van der Waals surface area contributed by atoms with E-state index in [0.717, 1.165) is 25.9 Å². The second-order valence-electron chi connectivity index (χ2n) is 3.26. The molecule has 0 N–H and O–H groups in total. The third-order valence-electron chi connectivity index (χ3n) is 1.89. The molecule has 0 unspecified atom stereocenters. The Morgan fingerprint density at radius 1 is 1.33 bits per heavy atom. The third kappa shape index (κ3) is 4.96. The van der Waals surface area contributed by atoms with Gasteiger partial charge in [-0.25, -0.2) is 0 Å². The Hall–Kier alpha value is -0.770. The number of terminal acetylenes is 1. The minimum atomic E-state index is 0.649. The molecule has 1 aliphatic rings. The van der Waals surface area contributed by atoms with E-state index in [1.807, 2.05) is 0 Å². The normalized spacial score (nSPS) is 16.6. The van der Waals surface area contributed by atoms with Gasteiger partial charge in [-0.05, 0) is 19.1 Å². The number of hydrogen-bond donors (Lipinski definition) is 0. The average molecular weight is 164 g/mol. The zero-order valence-electron chi connectivity index (χ0n) is 7.51. The van der Waals surface area contributed by atoms with Gasteiger partial charge in [0.2, 0.25) is 6.61 Å². The molecule has 0 aliphatic heterocycles. The highest BCUT2D eigenvalue weighted by Crippen LogP contribution is 2.25. The summed E-state index contributed by atoms with van der Waals surface area (Å²) in [4.78, 5) is 0. The van der Waals surface area contributed by atoms with Gasteiger partial charge in [-0.1, -0.05) is 18.8 Å². The molecule has 12 heavy (non-hydrogen) atoms. The van der Waals surface area contributed by atoms with Crippen LogP contribution in [0.4, 0.5) is 0 Å². The van der Waals surface area contributed by atoms with E-state index >= 15 is 0 Å². The predicted octanol–water partition coefficient (Wildman–Crippen LogP) is 2.24. The Bertz CT molecular complexity index is 172. The summed E-state index contributed by atoms with van der Waals surface area (Å²) < 4.78 is 5.24. The summed E-state index contributed by atoms with van der Waals surface area (Å²) in [6.07, 6.45) is 15.0. The summed E-state index contributed by atoms with van der Waals surface area (Å²) in [5.41, 5.74) is 0. The lowest BCUT2D eigenvalue weighted by molar-refractivity contribution is 0.0999. The van der Waals surface area contributed by atoms with Crippen LogP contribution >= 0.6 is 0 Å². The van der Waals surface area contributed by atoms with E-state index in [1.54, 1.807) is 0 Å². The second-order valence-corrected chi connectivity index (χ2v) is 3.26. The van der Waals surface area contributed by atoms with Gasteiger partial charge in [0, 0.05) is 12.8 Å². The summed E-state index contributed by atoms with van der Waals surface area (Å²) >= 11 is 0. The maximum absolute atomic E-state index is 5.24. The van der Waals surface area contributed by atoms with Crippen molar-refractivity contribution in [3.05, 3.63) is 0 Å². The Labute approximate surface area is 74.9 Å². The summed E-state index contributed by atoms with van der Waals surface area (Å²) in [6, 6.07) is 0. The van der Waals surface area contributed by atoms with Gasteiger partial charge in [-0.2, -0.15) is 0 Å². The molecule has 1 aliphatic carbocycles. The Morgan fingerprint density at radius 2 is 2.17 bits per heavy atom. The van der Waals surface area contributed by atoms with Gasteiger partial charge >= 0.3 is 0 Å². The molecule has 0 aromatic rings. The van der Waals surface area contributed by atoms with Gasteiger partial charge in [-0.15, -0.1) is 12.3 Å². The maximum Gasteiger partial charge on any atom is 0.218 e. The molecule has 1 heteroatoms.